The van der Waals surface area contributed by atoms with Crippen molar-refractivity contribution in [2.24, 2.45) is 0 Å². The van der Waals surface area contributed by atoms with E-state index in [1.54, 1.807) is 0 Å². The molecule has 1 aliphatic rings. The summed E-state index contributed by atoms with van der Waals surface area (Å²) in [7, 11) is 1.99. The molecule has 3 heterocycles. The van der Waals surface area contributed by atoms with Gasteiger partial charge in [-0.2, -0.15) is 0 Å². The molecule has 108 valence electrons. The number of aromatic nitrogens is 2. The number of hydrogen-bond acceptors (Lipinski definition) is 3. The lowest BCUT2D eigenvalue weighted by Crippen LogP contribution is -2.32. The molecule has 1 N–H and O–H groups in total. The Morgan fingerprint density at radius 1 is 1.20 bits per heavy atom. The van der Waals surface area contributed by atoms with Crippen LogP contribution in [0.2, 0.25) is 0 Å². The molecule has 1 aliphatic heterocycles. The van der Waals surface area contributed by atoms with Gasteiger partial charge in [0.2, 0.25) is 0 Å². The second kappa shape index (κ2) is 6.37. The van der Waals surface area contributed by atoms with E-state index < -0.39 is 0 Å². The maximum atomic E-state index is 4.56. The molecule has 20 heavy (non-hydrogen) atoms. The van der Waals surface area contributed by atoms with Crippen LogP contribution in [0.15, 0.2) is 24.5 Å². The minimum Gasteiger partial charge on any atom is -0.331 e. The van der Waals surface area contributed by atoms with Gasteiger partial charge >= 0.3 is 0 Å². The molecule has 2 aromatic heterocycles. The molecule has 2 aromatic rings. The lowest BCUT2D eigenvalue weighted by molar-refractivity contribution is 0.221. The highest BCUT2D eigenvalue weighted by atomic mass is 15.2. The van der Waals surface area contributed by atoms with Crippen molar-refractivity contribution in [1.82, 2.24) is 19.8 Å². The van der Waals surface area contributed by atoms with E-state index in [0.29, 0.717) is 0 Å². The molecule has 0 unspecified atom stereocenters. The van der Waals surface area contributed by atoms with Gasteiger partial charge in [-0.15, -0.1) is 0 Å². The smallest absolute Gasteiger partial charge is 0.140 e. The molecule has 3 rings (SSSR count). The van der Waals surface area contributed by atoms with E-state index >= 15 is 0 Å². The lowest BCUT2D eigenvalue weighted by Gasteiger charge is -2.26. The van der Waals surface area contributed by atoms with Gasteiger partial charge in [0.15, 0.2) is 0 Å². The summed E-state index contributed by atoms with van der Waals surface area (Å²) in [5.74, 6) is 0. The minimum absolute atomic E-state index is 0.902. The Bertz CT molecular complexity index is 555. The summed E-state index contributed by atoms with van der Waals surface area (Å²) >= 11 is 0. The van der Waals surface area contributed by atoms with Crippen molar-refractivity contribution in [1.29, 1.82) is 0 Å². The summed E-state index contributed by atoms with van der Waals surface area (Å²) in [5, 5.41) is 4.52. The third kappa shape index (κ3) is 2.86. The Balaban J connectivity index is 1.76. The van der Waals surface area contributed by atoms with Gasteiger partial charge in [-0.25, -0.2) is 4.98 Å². The standard InChI is InChI=1S/C16H24N4/c1-17-12-14-13-20(16-15(14)6-5-7-18-16)11-10-19-8-3-2-4-9-19/h5-7,13,17H,2-4,8-12H2,1H3. The van der Waals surface area contributed by atoms with E-state index in [9.17, 15) is 0 Å². The highest BCUT2D eigenvalue weighted by Crippen LogP contribution is 2.19. The highest BCUT2D eigenvalue weighted by Gasteiger charge is 2.12. The van der Waals surface area contributed by atoms with Crippen LogP contribution >= 0.6 is 0 Å². The van der Waals surface area contributed by atoms with Crippen LogP contribution in [-0.4, -0.2) is 41.1 Å². The Morgan fingerprint density at radius 3 is 2.85 bits per heavy atom. The molecule has 0 radical (unpaired) electrons. The van der Waals surface area contributed by atoms with Gasteiger partial charge in [0, 0.05) is 37.4 Å². The van der Waals surface area contributed by atoms with Gasteiger partial charge in [-0.05, 0) is 50.7 Å². The molecular formula is C16H24N4. The van der Waals surface area contributed by atoms with Crippen molar-refractivity contribution in [3.63, 3.8) is 0 Å². The molecule has 0 amide bonds. The van der Waals surface area contributed by atoms with Crippen LogP contribution in [0, 0.1) is 0 Å². The monoisotopic (exact) mass is 272 g/mol. The van der Waals surface area contributed by atoms with Gasteiger partial charge in [0.1, 0.15) is 5.65 Å². The Labute approximate surface area is 120 Å². The number of hydrogen-bond donors (Lipinski definition) is 1. The summed E-state index contributed by atoms with van der Waals surface area (Å²) in [6.07, 6.45) is 8.27. The van der Waals surface area contributed by atoms with Crippen molar-refractivity contribution in [2.45, 2.75) is 32.4 Å². The molecule has 0 atom stereocenters. The van der Waals surface area contributed by atoms with E-state index in [2.05, 4.69) is 32.0 Å². The van der Waals surface area contributed by atoms with Crippen LogP contribution in [0.5, 0.6) is 0 Å². The third-order valence-electron chi connectivity index (χ3n) is 4.19. The number of fused-ring (bicyclic) bond motifs is 1. The zero-order valence-corrected chi connectivity index (χ0v) is 12.3. The quantitative estimate of drug-likeness (QED) is 0.906. The normalized spacial score (nSPS) is 16.9. The van der Waals surface area contributed by atoms with E-state index in [1.165, 1.54) is 43.3 Å². The number of pyridine rings is 1. The van der Waals surface area contributed by atoms with Crippen LogP contribution in [0.4, 0.5) is 0 Å². The zero-order chi connectivity index (χ0) is 13.8. The average molecular weight is 272 g/mol. The average Bonchev–Trinajstić information content (AvgIpc) is 2.85. The van der Waals surface area contributed by atoms with Gasteiger partial charge < -0.3 is 14.8 Å². The Hall–Kier alpha value is -1.39. The summed E-state index contributed by atoms with van der Waals surface area (Å²) in [6.45, 7) is 5.60. The van der Waals surface area contributed by atoms with Crippen molar-refractivity contribution < 1.29 is 0 Å². The Kier molecular flexibility index (Phi) is 4.33. The van der Waals surface area contributed by atoms with Crippen molar-refractivity contribution in [3.05, 3.63) is 30.1 Å². The summed E-state index contributed by atoms with van der Waals surface area (Å²) in [5.41, 5.74) is 2.46. The maximum Gasteiger partial charge on any atom is 0.140 e. The fraction of sp³-hybridized carbons (Fsp3) is 0.562. The summed E-state index contributed by atoms with van der Waals surface area (Å²) in [6, 6.07) is 4.20. The highest BCUT2D eigenvalue weighted by molar-refractivity contribution is 5.80. The van der Waals surface area contributed by atoms with Gasteiger partial charge in [0.05, 0.1) is 0 Å². The predicted molar refractivity (Wildman–Crippen MR) is 82.8 cm³/mol. The van der Waals surface area contributed by atoms with Crippen LogP contribution in [0.1, 0.15) is 24.8 Å². The largest absolute Gasteiger partial charge is 0.331 e. The van der Waals surface area contributed by atoms with Crippen LogP contribution in [-0.2, 0) is 13.1 Å². The first kappa shape index (κ1) is 13.6. The molecule has 0 saturated carbocycles. The summed E-state index contributed by atoms with van der Waals surface area (Å²) in [4.78, 5) is 7.14. The Morgan fingerprint density at radius 2 is 2.05 bits per heavy atom. The number of likely N-dealkylation sites (tertiary alicyclic amines) is 1. The molecular weight excluding hydrogens is 248 g/mol. The van der Waals surface area contributed by atoms with E-state index in [0.717, 1.165) is 25.3 Å². The molecule has 1 fully saturated rings. The first-order chi connectivity index (χ1) is 9.88. The first-order valence-electron chi connectivity index (χ1n) is 7.68. The third-order valence-corrected chi connectivity index (χ3v) is 4.19. The number of piperidine rings is 1. The van der Waals surface area contributed by atoms with E-state index in [1.807, 2.05) is 19.3 Å². The van der Waals surface area contributed by atoms with Gasteiger partial charge in [0.25, 0.3) is 0 Å². The zero-order valence-electron chi connectivity index (χ0n) is 12.3. The maximum absolute atomic E-state index is 4.56. The fourth-order valence-corrected chi connectivity index (χ4v) is 3.13. The second-order valence-electron chi connectivity index (χ2n) is 5.65. The number of rotatable bonds is 5. The predicted octanol–water partition coefficient (Wildman–Crippen LogP) is 2.24. The minimum atomic E-state index is 0.902. The van der Waals surface area contributed by atoms with Crippen LogP contribution < -0.4 is 5.32 Å². The molecule has 0 bridgehead atoms. The SMILES string of the molecule is CNCc1cn(CCN2CCCCC2)c2ncccc12. The van der Waals surface area contributed by atoms with Crippen LogP contribution in [0.3, 0.4) is 0 Å². The van der Waals surface area contributed by atoms with Crippen molar-refractivity contribution in [2.75, 3.05) is 26.7 Å². The molecule has 0 aromatic carbocycles. The van der Waals surface area contributed by atoms with Crippen molar-refractivity contribution >= 4 is 11.0 Å². The molecule has 4 nitrogen and oxygen atoms in total. The van der Waals surface area contributed by atoms with Gasteiger partial charge in [-0.3, -0.25) is 0 Å². The number of nitrogens with zero attached hydrogens (tertiary/aromatic N) is 3. The molecule has 1 saturated heterocycles. The van der Waals surface area contributed by atoms with Gasteiger partial charge in [-0.1, -0.05) is 6.42 Å². The van der Waals surface area contributed by atoms with E-state index in [-0.39, 0.29) is 0 Å². The van der Waals surface area contributed by atoms with E-state index in [4.69, 9.17) is 0 Å². The van der Waals surface area contributed by atoms with Crippen LogP contribution in [0.25, 0.3) is 11.0 Å². The second-order valence-corrected chi connectivity index (χ2v) is 5.65. The first-order valence-corrected chi connectivity index (χ1v) is 7.68. The molecule has 4 heteroatoms. The topological polar surface area (TPSA) is 33.1 Å². The lowest BCUT2D eigenvalue weighted by atomic mass is 10.1. The molecule has 0 spiro atoms. The summed E-state index contributed by atoms with van der Waals surface area (Å²) < 4.78 is 2.32. The fourth-order valence-electron chi connectivity index (χ4n) is 3.13. The number of nitrogens with one attached hydrogen (secondary N) is 1. The van der Waals surface area contributed by atoms with Crippen molar-refractivity contribution in [3.8, 4) is 0 Å². The molecule has 0 aliphatic carbocycles.